The van der Waals surface area contributed by atoms with Crippen molar-refractivity contribution >= 4 is 11.7 Å². The highest BCUT2D eigenvalue weighted by molar-refractivity contribution is 6.00. The molecule has 0 bridgehead atoms. The number of hydrogen-bond acceptors (Lipinski definition) is 7. The van der Waals surface area contributed by atoms with Crippen molar-refractivity contribution in [2.75, 3.05) is 27.1 Å². The van der Waals surface area contributed by atoms with Crippen LogP contribution in [0.4, 0.5) is 5.95 Å². The molecule has 0 spiro atoms. The van der Waals surface area contributed by atoms with Gasteiger partial charge in [-0.3, -0.25) is 4.79 Å². The van der Waals surface area contributed by atoms with Gasteiger partial charge in [-0.25, -0.2) is 9.97 Å². The number of Topliss-reactive ketones (excluding diaryl/α,β-unsaturated/α-hetero) is 1. The number of rotatable bonds is 5. The van der Waals surface area contributed by atoms with Gasteiger partial charge in [-0.15, -0.1) is 0 Å². The first kappa shape index (κ1) is 18.0. The standard InChI is InChI=1S/C19H23N3O4/c1-5-12-17-13(22-19(20)21-12)6-10(7-14(17)23)11-8-15(24-2)18(26-4)16(9-11)25-3/h8-10H,5-7H2,1-4H3,(H2,20,21,22). The van der Waals surface area contributed by atoms with Crippen molar-refractivity contribution in [3.8, 4) is 17.2 Å². The van der Waals surface area contributed by atoms with E-state index in [9.17, 15) is 4.79 Å². The average Bonchev–Trinajstić information content (AvgIpc) is 2.65. The number of hydrogen-bond donors (Lipinski definition) is 1. The number of carbonyl (C=O) groups is 1. The van der Waals surface area contributed by atoms with Gasteiger partial charge in [0.05, 0.1) is 38.3 Å². The lowest BCUT2D eigenvalue weighted by Crippen LogP contribution is -2.23. The number of aromatic nitrogens is 2. The van der Waals surface area contributed by atoms with E-state index in [1.807, 2.05) is 19.1 Å². The van der Waals surface area contributed by atoms with Crippen LogP contribution >= 0.6 is 0 Å². The van der Waals surface area contributed by atoms with Crippen LogP contribution in [-0.4, -0.2) is 37.1 Å². The lowest BCUT2D eigenvalue weighted by molar-refractivity contribution is 0.0961. The second-order valence-corrected chi connectivity index (χ2v) is 6.19. The molecule has 1 aromatic heterocycles. The molecule has 1 atom stereocenters. The van der Waals surface area contributed by atoms with Crippen molar-refractivity contribution in [1.82, 2.24) is 9.97 Å². The van der Waals surface area contributed by atoms with Crippen LogP contribution in [0.2, 0.25) is 0 Å². The van der Waals surface area contributed by atoms with Crippen LogP contribution < -0.4 is 19.9 Å². The summed E-state index contributed by atoms with van der Waals surface area (Å²) in [6.45, 7) is 1.96. The van der Waals surface area contributed by atoms with Gasteiger partial charge in [0, 0.05) is 6.42 Å². The highest BCUT2D eigenvalue weighted by Crippen LogP contribution is 2.42. The molecule has 0 amide bonds. The first-order valence-corrected chi connectivity index (χ1v) is 8.50. The molecule has 1 aliphatic rings. The lowest BCUT2D eigenvalue weighted by Gasteiger charge is -2.25. The molecular weight excluding hydrogens is 334 g/mol. The molecule has 0 saturated carbocycles. The molecule has 1 unspecified atom stereocenters. The Kier molecular flexibility index (Phi) is 4.97. The van der Waals surface area contributed by atoms with Crippen molar-refractivity contribution < 1.29 is 19.0 Å². The van der Waals surface area contributed by atoms with Gasteiger partial charge in [-0.2, -0.15) is 0 Å². The van der Waals surface area contributed by atoms with E-state index in [-0.39, 0.29) is 17.6 Å². The fourth-order valence-corrected chi connectivity index (χ4v) is 3.51. The minimum absolute atomic E-state index is 0.0392. The molecule has 0 aliphatic heterocycles. The summed E-state index contributed by atoms with van der Waals surface area (Å²) in [5.41, 5.74) is 8.83. The Morgan fingerprint density at radius 2 is 1.73 bits per heavy atom. The molecule has 0 fully saturated rings. The van der Waals surface area contributed by atoms with Gasteiger partial charge >= 0.3 is 0 Å². The number of aryl methyl sites for hydroxylation is 1. The zero-order valence-electron chi connectivity index (χ0n) is 15.5. The van der Waals surface area contributed by atoms with Crippen LogP contribution in [0.25, 0.3) is 0 Å². The van der Waals surface area contributed by atoms with Gasteiger partial charge < -0.3 is 19.9 Å². The summed E-state index contributed by atoms with van der Waals surface area (Å²) in [6.07, 6.45) is 1.64. The third-order valence-electron chi connectivity index (χ3n) is 4.72. The Bertz CT molecular complexity index is 826. The Labute approximate surface area is 152 Å². The largest absolute Gasteiger partial charge is 0.493 e. The minimum Gasteiger partial charge on any atom is -0.493 e. The molecular formula is C19H23N3O4. The maximum Gasteiger partial charge on any atom is 0.220 e. The van der Waals surface area contributed by atoms with E-state index in [2.05, 4.69) is 9.97 Å². The molecule has 0 radical (unpaired) electrons. The van der Waals surface area contributed by atoms with Crippen molar-refractivity contribution in [1.29, 1.82) is 0 Å². The molecule has 7 nitrogen and oxygen atoms in total. The van der Waals surface area contributed by atoms with Gasteiger partial charge in [0.15, 0.2) is 17.3 Å². The molecule has 2 aromatic rings. The zero-order valence-corrected chi connectivity index (χ0v) is 15.5. The SMILES string of the molecule is CCc1nc(N)nc2c1C(=O)CC(c1cc(OC)c(OC)c(OC)c1)C2. The zero-order chi connectivity index (χ0) is 18.8. The van der Waals surface area contributed by atoms with Crippen molar-refractivity contribution in [2.45, 2.75) is 32.1 Å². The van der Waals surface area contributed by atoms with Crippen LogP contribution in [-0.2, 0) is 12.8 Å². The molecule has 7 heteroatoms. The summed E-state index contributed by atoms with van der Waals surface area (Å²) in [6, 6.07) is 3.77. The molecule has 2 N–H and O–H groups in total. The van der Waals surface area contributed by atoms with Gasteiger partial charge in [0.25, 0.3) is 0 Å². The van der Waals surface area contributed by atoms with E-state index in [1.165, 1.54) is 0 Å². The third-order valence-corrected chi connectivity index (χ3v) is 4.72. The number of carbonyl (C=O) groups excluding carboxylic acids is 1. The lowest BCUT2D eigenvalue weighted by atomic mass is 9.80. The first-order valence-electron chi connectivity index (χ1n) is 8.50. The number of nitrogens with two attached hydrogens (primary N) is 1. The van der Waals surface area contributed by atoms with Crippen molar-refractivity contribution in [3.05, 3.63) is 34.6 Å². The van der Waals surface area contributed by atoms with E-state index >= 15 is 0 Å². The fraction of sp³-hybridized carbons (Fsp3) is 0.421. The molecule has 1 heterocycles. The monoisotopic (exact) mass is 357 g/mol. The quantitative estimate of drug-likeness (QED) is 0.878. The first-order chi connectivity index (χ1) is 12.5. The molecule has 26 heavy (non-hydrogen) atoms. The third kappa shape index (κ3) is 3.05. The van der Waals surface area contributed by atoms with E-state index in [0.29, 0.717) is 47.8 Å². The summed E-state index contributed by atoms with van der Waals surface area (Å²) in [5, 5.41) is 0. The normalized spacial score (nSPS) is 16.2. The second kappa shape index (κ2) is 7.19. The van der Waals surface area contributed by atoms with Crippen LogP contribution in [0.3, 0.4) is 0 Å². The summed E-state index contributed by atoms with van der Waals surface area (Å²) >= 11 is 0. The Hall–Kier alpha value is -2.83. The molecule has 0 saturated heterocycles. The van der Waals surface area contributed by atoms with Crippen LogP contribution in [0.15, 0.2) is 12.1 Å². The summed E-state index contributed by atoms with van der Waals surface area (Å²) in [5.74, 6) is 1.87. The van der Waals surface area contributed by atoms with E-state index in [1.54, 1.807) is 21.3 Å². The van der Waals surface area contributed by atoms with Crippen LogP contribution in [0.5, 0.6) is 17.2 Å². The summed E-state index contributed by atoms with van der Waals surface area (Å²) in [4.78, 5) is 21.3. The number of nitrogen functional groups attached to an aromatic ring is 1. The van der Waals surface area contributed by atoms with Gasteiger partial charge in [0.2, 0.25) is 11.7 Å². The Morgan fingerprint density at radius 3 is 2.27 bits per heavy atom. The number of methoxy groups -OCH3 is 3. The smallest absolute Gasteiger partial charge is 0.220 e. The van der Waals surface area contributed by atoms with Crippen molar-refractivity contribution in [2.24, 2.45) is 0 Å². The predicted octanol–water partition coefficient (Wildman–Crippen LogP) is 2.56. The Balaban J connectivity index is 2.05. The van der Waals surface area contributed by atoms with E-state index in [4.69, 9.17) is 19.9 Å². The topological polar surface area (TPSA) is 96.6 Å². The number of nitrogens with zero attached hydrogens (tertiary/aromatic N) is 2. The minimum atomic E-state index is -0.0392. The number of ketones is 1. The van der Waals surface area contributed by atoms with Gasteiger partial charge in [-0.05, 0) is 36.5 Å². The Morgan fingerprint density at radius 1 is 1.08 bits per heavy atom. The number of ether oxygens (including phenoxy) is 3. The number of fused-ring (bicyclic) bond motifs is 1. The number of anilines is 1. The van der Waals surface area contributed by atoms with Crippen LogP contribution in [0.1, 0.15) is 46.6 Å². The van der Waals surface area contributed by atoms with E-state index < -0.39 is 0 Å². The molecule has 1 aliphatic carbocycles. The average molecular weight is 357 g/mol. The van der Waals surface area contributed by atoms with Gasteiger partial charge in [0.1, 0.15) is 0 Å². The molecule has 3 rings (SSSR count). The van der Waals surface area contributed by atoms with Gasteiger partial charge in [-0.1, -0.05) is 6.92 Å². The fourth-order valence-electron chi connectivity index (χ4n) is 3.51. The van der Waals surface area contributed by atoms with E-state index in [0.717, 1.165) is 11.3 Å². The summed E-state index contributed by atoms with van der Waals surface area (Å²) < 4.78 is 16.2. The summed E-state index contributed by atoms with van der Waals surface area (Å²) in [7, 11) is 4.71. The maximum absolute atomic E-state index is 12.8. The second-order valence-electron chi connectivity index (χ2n) is 6.19. The van der Waals surface area contributed by atoms with Crippen molar-refractivity contribution in [3.63, 3.8) is 0 Å². The number of benzene rings is 1. The maximum atomic E-state index is 12.8. The molecule has 1 aromatic carbocycles. The predicted molar refractivity (Wildman–Crippen MR) is 97.3 cm³/mol. The highest BCUT2D eigenvalue weighted by Gasteiger charge is 2.31. The van der Waals surface area contributed by atoms with Crippen LogP contribution in [0, 0.1) is 0 Å². The highest BCUT2D eigenvalue weighted by atomic mass is 16.5. The molecule has 138 valence electrons.